The van der Waals surface area contributed by atoms with Crippen LogP contribution in [0, 0.1) is 0 Å². The van der Waals surface area contributed by atoms with E-state index in [1.807, 2.05) is 24.1 Å². The third kappa shape index (κ3) is 5.22. The predicted octanol–water partition coefficient (Wildman–Crippen LogP) is 3.10. The van der Waals surface area contributed by atoms with Crippen molar-refractivity contribution in [3.8, 4) is 0 Å². The van der Waals surface area contributed by atoms with Crippen molar-refractivity contribution >= 4 is 23.5 Å². The zero-order valence-corrected chi connectivity index (χ0v) is 18.7. The number of hydrogen-bond acceptors (Lipinski definition) is 4. The van der Waals surface area contributed by atoms with E-state index in [1.165, 1.54) is 24.7 Å². The first-order valence-electron chi connectivity index (χ1n) is 10.9. The number of amides is 1. The van der Waals surface area contributed by atoms with E-state index in [0.717, 1.165) is 43.7 Å². The highest BCUT2D eigenvalue weighted by atomic mass is 35.5. The predicted molar refractivity (Wildman–Crippen MR) is 123 cm³/mol. The Balaban J connectivity index is 1.36. The maximum Gasteiger partial charge on any atom is 0.289 e. The van der Waals surface area contributed by atoms with Gasteiger partial charge in [-0.05, 0) is 55.8 Å². The van der Waals surface area contributed by atoms with Gasteiger partial charge in [-0.15, -0.1) is 0 Å². The molecule has 1 amide bonds. The Kier molecular flexibility index (Phi) is 7.14. The molecule has 0 spiro atoms. The van der Waals surface area contributed by atoms with Gasteiger partial charge < -0.3 is 19.5 Å². The third-order valence-corrected chi connectivity index (χ3v) is 6.31. The number of rotatable bonds is 5. The van der Waals surface area contributed by atoms with Crippen LogP contribution < -0.4 is 5.32 Å². The average molecular weight is 444 g/mol. The molecule has 1 N–H and O–H groups in total. The molecule has 1 aromatic heterocycles. The van der Waals surface area contributed by atoms with Gasteiger partial charge in [0.2, 0.25) is 0 Å². The number of likely N-dealkylation sites (tertiary alicyclic amines) is 1. The molecule has 1 unspecified atom stereocenters. The van der Waals surface area contributed by atoms with Gasteiger partial charge in [-0.2, -0.15) is 0 Å². The largest absolute Gasteiger partial charge is 0.459 e. The molecule has 7 nitrogen and oxygen atoms in total. The van der Waals surface area contributed by atoms with E-state index in [0.29, 0.717) is 18.8 Å². The zero-order valence-electron chi connectivity index (χ0n) is 18.0. The molecule has 31 heavy (non-hydrogen) atoms. The summed E-state index contributed by atoms with van der Waals surface area (Å²) in [7, 11) is 1.81. The van der Waals surface area contributed by atoms with Gasteiger partial charge in [0.05, 0.1) is 12.3 Å². The average Bonchev–Trinajstić information content (AvgIpc) is 3.51. The number of aliphatic imine (C=N–C) groups is 1. The van der Waals surface area contributed by atoms with Crippen molar-refractivity contribution in [1.29, 1.82) is 0 Å². The number of nitrogens with one attached hydrogen (secondary N) is 1. The molecular formula is C23H30ClN5O2. The highest BCUT2D eigenvalue weighted by Crippen LogP contribution is 2.26. The lowest BCUT2D eigenvalue weighted by Crippen LogP contribution is -2.54. The van der Waals surface area contributed by atoms with E-state index in [2.05, 4.69) is 32.2 Å². The summed E-state index contributed by atoms with van der Waals surface area (Å²) in [4.78, 5) is 23.6. The van der Waals surface area contributed by atoms with Gasteiger partial charge in [0, 0.05) is 44.8 Å². The third-order valence-electron chi connectivity index (χ3n) is 6.08. The Hall–Kier alpha value is -2.51. The number of guanidine groups is 1. The Morgan fingerprint density at radius 3 is 2.48 bits per heavy atom. The number of furan rings is 1. The molecule has 0 aliphatic carbocycles. The number of halogens is 1. The monoisotopic (exact) mass is 443 g/mol. The molecule has 4 rings (SSSR count). The molecular weight excluding hydrogens is 414 g/mol. The smallest absolute Gasteiger partial charge is 0.289 e. The molecule has 3 heterocycles. The Labute approximate surface area is 188 Å². The van der Waals surface area contributed by atoms with E-state index >= 15 is 0 Å². The minimum absolute atomic E-state index is 0.0531. The van der Waals surface area contributed by atoms with Gasteiger partial charge >= 0.3 is 0 Å². The molecule has 2 aliphatic rings. The zero-order chi connectivity index (χ0) is 21.6. The van der Waals surface area contributed by atoms with Crippen LogP contribution in [-0.2, 0) is 0 Å². The number of carbonyl (C=O) groups is 1. The first-order valence-corrected chi connectivity index (χ1v) is 11.3. The topological polar surface area (TPSA) is 64.3 Å². The Morgan fingerprint density at radius 1 is 1.10 bits per heavy atom. The van der Waals surface area contributed by atoms with Crippen LogP contribution in [0.5, 0.6) is 0 Å². The minimum Gasteiger partial charge on any atom is -0.459 e. The summed E-state index contributed by atoms with van der Waals surface area (Å²) in [6.45, 7) is 5.72. The van der Waals surface area contributed by atoms with Crippen LogP contribution in [0.4, 0.5) is 0 Å². The van der Waals surface area contributed by atoms with E-state index in [9.17, 15) is 4.79 Å². The summed E-state index contributed by atoms with van der Waals surface area (Å²) in [5.41, 5.74) is 1.23. The molecule has 166 valence electrons. The lowest BCUT2D eigenvalue weighted by molar-refractivity contribution is 0.0657. The second-order valence-corrected chi connectivity index (χ2v) is 8.43. The second-order valence-electron chi connectivity index (χ2n) is 8.00. The van der Waals surface area contributed by atoms with Crippen molar-refractivity contribution in [3.05, 3.63) is 59.0 Å². The highest BCUT2D eigenvalue weighted by molar-refractivity contribution is 6.30. The lowest BCUT2D eigenvalue weighted by atomic mass is 10.1. The molecule has 2 aromatic rings. The maximum absolute atomic E-state index is 12.5. The van der Waals surface area contributed by atoms with Crippen LogP contribution in [0.2, 0.25) is 5.02 Å². The number of nitrogens with zero attached hydrogens (tertiary/aromatic N) is 4. The van der Waals surface area contributed by atoms with E-state index in [-0.39, 0.29) is 11.9 Å². The number of hydrogen-bond donors (Lipinski definition) is 1. The number of carbonyl (C=O) groups excluding carboxylic acids is 1. The summed E-state index contributed by atoms with van der Waals surface area (Å²) >= 11 is 6.27. The fourth-order valence-corrected chi connectivity index (χ4v) is 4.62. The normalized spacial score (nSPS) is 19.0. The van der Waals surface area contributed by atoms with E-state index in [4.69, 9.17) is 16.0 Å². The summed E-state index contributed by atoms with van der Waals surface area (Å²) < 4.78 is 5.25. The molecule has 0 bridgehead atoms. The van der Waals surface area contributed by atoms with Crippen molar-refractivity contribution < 1.29 is 9.21 Å². The van der Waals surface area contributed by atoms with Gasteiger partial charge in [-0.3, -0.25) is 14.7 Å². The maximum atomic E-state index is 12.5. The molecule has 2 fully saturated rings. The van der Waals surface area contributed by atoms with Crippen LogP contribution in [0.15, 0.2) is 52.1 Å². The van der Waals surface area contributed by atoms with Crippen molar-refractivity contribution in [2.24, 2.45) is 4.99 Å². The number of benzene rings is 1. The lowest BCUT2D eigenvalue weighted by Gasteiger charge is -2.37. The quantitative estimate of drug-likeness (QED) is 0.568. The molecule has 0 saturated carbocycles. The summed E-state index contributed by atoms with van der Waals surface area (Å²) in [6.07, 6.45) is 4.00. The van der Waals surface area contributed by atoms with Crippen LogP contribution in [0.25, 0.3) is 0 Å². The molecule has 1 aromatic carbocycles. The fourth-order valence-electron chi connectivity index (χ4n) is 4.42. The van der Waals surface area contributed by atoms with Gasteiger partial charge in [0.25, 0.3) is 5.91 Å². The molecule has 2 saturated heterocycles. The van der Waals surface area contributed by atoms with Crippen LogP contribution in [0.3, 0.4) is 0 Å². The van der Waals surface area contributed by atoms with Crippen LogP contribution >= 0.6 is 11.6 Å². The van der Waals surface area contributed by atoms with Crippen molar-refractivity contribution in [2.45, 2.75) is 18.9 Å². The first-order chi connectivity index (χ1) is 15.2. The molecule has 0 radical (unpaired) electrons. The van der Waals surface area contributed by atoms with E-state index < -0.39 is 0 Å². The summed E-state index contributed by atoms with van der Waals surface area (Å²) in [6, 6.07) is 11.9. The standard InChI is InChI=1S/C23H30ClN5O2/c1-25-23(29-13-11-28(12-14-29)22(30)21-8-5-15-31-21)26-17-20(27-9-2-3-10-27)18-6-4-7-19(24)16-18/h4-8,15-16,20H,2-3,9-14,17H2,1H3,(H,25,26). The van der Waals surface area contributed by atoms with E-state index in [1.54, 1.807) is 12.1 Å². The van der Waals surface area contributed by atoms with Gasteiger partial charge in [0.1, 0.15) is 0 Å². The SMILES string of the molecule is CN=C(NCC(c1cccc(Cl)c1)N1CCCC1)N1CCN(C(=O)c2ccco2)CC1. The fraction of sp³-hybridized carbons (Fsp3) is 0.478. The van der Waals surface area contributed by atoms with Crippen LogP contribution in [-0.4, -0.2) is 79.4 Å². The molecule has 1 atom stereocenters. The Bertz CT molecular complexity index is 887. The highest BCUT2D eigenvalue weighted by Gasteiger charge is 2.27. The number of piperazine rings is 1. The first kappa shape index (κ1) is 21.7. The van der Waals surface area contributed by atoms with Gasteiger partial charge in [0.15, 0.2) is 11.7 Å². The molecule has 8 heteroatoms. The minimum atomic E-state index is -0.0531. The van der Waals surface area contributed by atoms with Gasteiger partial charge in [-0.25, -0.2) is 0 Å². The second kappa shape index (κ2) is 10.2. The van der Waals surface area contributed by atoms with Crippen molar-refractivity contribution in [1.82, 2.24) is 20.0 Å². The van der Waals surface area contributed by atoms with Crippen LogP contribution in [0.1, 0.15) is 35.0 Å². The molecule has 2 aliphatic heterocycles. The van der Waals surface area contributed by atoms with Crippen molar-refractivity contribution in [3.63, 3.8) is 0 Å². The summed E-state index contributed by atoms with van der Waals surface area (Å²) in [5, 5.41) is 4.34. The summed E-state index contributed by atoms with van der Waals surface area (Å²) in [5.74, 6) is 1.21. The van der Waals surface area contributed by atoms with Gasteiger partial charge in [-0.1, -0.05) is 23.7 Å². The van der Waals surface area contributed by atoms with Crippen molar-refractivity contribution in [2.75, 3.05) is 52.9 Å². The Morgan fingerprint density at radius 2 is 1.84 bits per heavy atom.